The van der Waals surface area contributed by atoms with E-state index in [1.807, 2.05) is 0 Å². The molecule has 86 valence electrons. The van der Waals surface area contributed by atoms with Gasteiger partial charge >= 0.3 is 0 Å². The van der Waals surface area contributed by atoms with Crippen molar-refractivity contribution in [3.8, 4) is 0 Å². The van der Waals surface area contributed by atoms with Gasteiger partial charge in [-0.05, 0) is 12.8 Å². The normalized spacial score (nSPS) is 12.0. The van der Waals surface area contributed by atoms with Crippen LogP contribution in [-0.2, 0) is 4.74 Å². The first-order valence-corrected chi connectivity index (χ1v) is 9.85. The topological polar surface area (TPSA) is 9.23 Å². The molecule has 0 heterocycles. The van der Waals surface area contributed by atoms with Gasteiger partial charge in [0.1, 0.15) is 0 Å². The van der Waals surface area contributed by atoms with E-state index in [0.717, 1.165) is 19.6 Å². The van der Waals surface area contributed by atoms with E-state index >= 15 is 0 Å². The van der Waals surface area contributed by atoms with E-state index in [1.54, 1.807) is 0 Å². The zero-order chi connectivity index (χ0) is 10.9. The van der Waals surface area contributed by atoms with Gasteiger partial charge in [0.15, 0.2) is 0 Å². The minimum atomic E-state index is -0.770. The summed E-state index contributed by atoms with van der Waals surface area (Å²) in [6, 6.07) is 1.49. The Balaban J connectivity index is 2.99. The van der Waals surface area contributed by atoms with Gasteiger partial charge in [-0.25, -0.2) is 0 Å². The highest BCUT2D eigenvalue weighted by molar-refractivity contribution is 6.76. The number of rotatable bonds is 9. The van der Waals surface area contributed by atoms with Gasteiger partial charge in [0.2, 0.25) is 0 Å². The Kier molecular flexibility index (Phi) is 8.59. The number of hydrogen-bond acceptors (Lipinski definition) is 1. The quantitative estimate of drug-likeness (QED) is 0.412. The molecule has 0 unspecified atom stereocenters. The van der Waals surface area contributed by atoms with E-state index < -0.39 is 8.07 Å². The third-order valence-corrected chi connectivity index (χ3v) is 4.17. The molecular weight excluding hydrogens is 188 g/mol. The summed E-state index contributed by atoms with van der Waals surface area (Å²) in [6.45, 7) is 11.4. The van der Waals surface area contributed by atoms with Crippen molar-refractivity contribution in [2.24, 2.45) is 0 Å². The van der Waals surface area contributed by atoms with Crippen molar-refractivity contribution in [3.63, 3.8) is 0 Å². The highest BCUT2D eigenvalue weighted by atomic mass is 28.3. The van der Waals surface area contributed by atoms with Crippen LogP contribution in [0.25, 0.3) is 0 Å². The van der Waals surface area contributed by atoms with E-state index in [1.165, 1.54) is 31.7 Å². The number of hydrogen-bond donors (Lipinski definition) is 0. The van der Waals surface area contributed by atoms with Crippen molar-refractivity contribution in [1.82, 2.24) is 0 Å². The Hall–Kier alpha value is 0.177. The van der Waals surface area contributed by atoms with Gasteiger partial charge in [-0.1, -0.05) is 51.9 Å². The summed E-state index contributed by atoms with van der Waals surface area (Å²) in [7, 11) is -0.770. The lowest BCUT2D eigenvalue weighted by Crippen LogP contribution is -2.18. The fourth-order valence-corrected chi connectivity index (χ4v) is 2.77. The Morgan fingerprint density at radius 1 is 0.857 bits per heavy atom. The van der Waals surface area contributed by atoms with Gasteiger partial charge in [0.25, 0.3) is 0 Å². The average molecular weight is 216 g/mol. The number of ether oxygens (including phenoxy) is 1. The predicted octanol–water partition coefficient (Wildman–Crippen LogP) is 4.31. The molecule has 0 rings (SSSR count). The lowest BCUT2D eigenvalue weighted by molar-refractivity contribution is 0.130. The SMILES string of the molecule is CCCOCCCCCC[Si](C)(C)C. The Bertz CT molecular complexity index is 118. The van der Waals surface area contributed by atoms with Gasteiger partial charge in [0, 0.05) is 21.3 Å². The summed E-state index contributed by atoms with van der Waals surface area (Å²) in [6.07, 6.45) is 6.60. The maximum atomic E-state index is 5.44. The zero-order valence-corrected chi connectivity index (χ0v) is 11.6. The molecule has 0 aliphatic rings. The molecule has 14 heavy (non-hydrogen) atoms. The summed E-state index contributed by atoms with van der Waals surface area (Å²) in [5.41, 5.74) is 0. The first-order chi connectivity index (χ1) is 6.56. The van der Waals surface area contributed by atoms with Crippen LogP contribution in [0.4, 0.5) is 0 Å². The highest BCUT2D eigenvalue weighted by Crippen LogP contribution is 2.14. The summed E-state index contributed by atoms with van der Waals surface area (Å²) in [5, 5.41) is 0. The predicted molar refractivity (Wildman–Crippen MR) is 67.7 cm³/mol. The Labute approximate surface area is 91.2 Å². The standard InChI is InChI=1S/C12H28OSi/c1-5-10-13-11-8-6-7-9-12-14(2,3)4/h5-12H2,1-4H3. The molecule has 0 atom stereocenters. The fourth-order valence-electron chi connectivity index (χ4n) is 1.46. The van der Waals surface area contributed by atoms with Gasteiger partial charge in [0.05, 0.1) is 0 Å². The molecule has 0 fully saturated rings. The van der Waals surface area contributed by atoms with Crippen molar-refractivity contribution in [2.45, 2.75) is 64.7 Å². The van der Waals surface area contributed by atoms with E-state index in [4.69, 9.17) is 4.74 Å². The molecule has 0 aliphatic carbocycles. The van der Waals surface area contributed by atoms with Gasteiger partial charge in [-0.2, -0.15) is 0 Å². The van der Waals surface area contributed by atoms with E-state index in [0.29, 0.717) is 0 Å². The fraction of sp³-hybridized carbons (Fsp3) is 1.00. The summed E-state index contributed by atoms with van der Waals surface area (Å²) in [5.74, 6) is 0. The zero-order valence-electron chi connectivity index (χ0n) is 10.6. The van der Waals surface area contributed by atoms with Crippen molar-refractivity contribution < 1.29 is 4.74 Å². The molecule has 0 saturated carbocycles. The molecule has 0 aromatic carbocycles. The molecule has 0 bridgehead atoms. The second-order valence-corrected chi connectivity index (χ2v) is 11.0. The summed E-state index contributed by atoms with van der Waals surface area (Å²) >= 11 is 0. The van der Waals surface area contributed by atoms with Crippen molar-refractivity contribution in [3.05, 3.63) is 0 Å². The van der Waals surface area contributed by atoms with Crippen molar-refractivity contribution in [2.75, 3.05) is 13.2 Å². The molecule has 0 saturated heterocycles. The van der Waals surface area contributed by atoms with Crippen LogP contribution in [0, 0.1) is 0 Å². The maximum absolute atomic E-state index is 5.44. The molecule has 0 amide bonds. The molecule has 0 N–H and O–H groups in total. The highest BCUT2D eigenvalue weighted by Gasteiger charge is 2.11. The maximum Gasteiger partial charge on any atom is 0.0466 e. The monoisotopic (exact) mass is 216 g/mol. The smallest absolute Gasteiger partial charge is 0.0466 e. The lowest BCUT2D eigenvalue weighted by atomic mass is 10.2. The minimum absolute atomic E-state index is 0.770. The van der Waals surface area contributed by atoms with Crippen molar-refractivity contribution >= 4 is 8.07 Å². The largest absolute Gasteiger partial charge is 0.381 e. The van der Waals surface area contributed by atoms with Crippen LogP contribution in [-0.4, -0.2) is 21.3 Å². The summed E-state index contributed by atoms with van der Waals surface area (Å²) < 4.78 is 5.44. The van der Waals surface area contributed by atoms with Crippen LogP contribution < -0.4 is 0 Å². The van der Waals surface area contributed by atoms with Gasteiger partial charge < -0.3 is 4.74 Å². The molecular formula is C12H28OSi. The van der Waals surface area contributed by atoms with E-state index in [9.17, 15) is 0 Å². The molecule has 0 aromatic heterocycles. The van der Waals surface area contributed by atoms with E-state index in [-0.39, 0.29) is 0 Å². The second kappa shape index (κ2) is 8.48. The third kappa shape index (κ3) is 12.2. The van der Waals surface area contributed by atoms with Gasteiger partial charge in [-0.15, -0.1) is 0 Å². The third-order valence-electron chi connectivity index (χ3n) is 2.31. The van der Waals surface area contributed by atoms with Crippen molar-refractivity contribution in [1.29, 1.82) is 0 Å². The van der Waals surface area contributed by atoms with Crippen LogP contribution in [0.1, 0.15) is 39.0 Å². The van der Waals surface area contributed by atoms with Crippen LogP contribution in [0.2, 0.25) is 25.7 Å². The summed E-state index contributed by atoms with van der Waals surface area (Å²) in [4.78, 5) is 0. The molecule has 0 aromatic rings. The minimum Gasteiger partial charge on any atom is -0.381 e. The Morgan fingerprint density at radius 2 is 1.50 bits per heavy atom. The Morgan fingerprint density at radius 3 is 2.07 bits per heavy atom. The molecule has 2 heteroatoms. The molecule has 0 spiro atoms. The van der Waals surface area contributed by atoms with Crippen LogP contribution in [0.5, 0.6) is 0 Å². The van der Waals surface area contributed by atoms with Gasteiger partial charge in [-0.3, -0.25) is 0 Å². The lowest BCUT2D eigenvalue weighted by Gasteiger charge is -2.14. The molecule has 0 radical (unpaired) electrons. The van der Waals surface area contributed by atoms with Crippen LogP contribution in [0.15, 0.2) is 0 Å². The molecule has 0 aliphatic heterocycles. The first kappa shape index (κ1) is 14.2. The second-order valence-electron chi connectivity index (χ2n) is 5.34. The van der Waals surface area contributed by atoms with Crippen LogP contribution >= 0.6 is 0 Å². The first-order valence-electron chi connectivity index (χ1n) is 6.14. The average Bonchev–Trinajstić information content (AvgIpc) is 2.08. The molecule has 1 nitrogen and oxygen atoms in total. The van der Waals surface area contributed by atoms with Crippen LogP contribution in [0.3, 0.4) is 0 Å². The van der Waals surface area contributed by atoms with E-state index in [2.05, 4.69) is 26.6 Å². The number of unbranched alkanes of at least 4 members (excludes halogenated alkanes) is 3.